The zero-order chi connectivity index (χ0) is 14.8. The van der Waals surface area contributed by atoms with E-state index in [1.54, 1.807) is 0 Å². The Morgan fingerprint density at radius 3 is 2.80 bits per heavy atom. The Labute approximate surface area is 122 Å². The molecule has 0 aliphatic carbocycles. The number of aryl methyl sites for hydroxylation is 1. The fourth-order valence-corrected chi connectivity index (χ4v) is 3.04. The van der Waals surface area contributed by atoms with Gasteiger partial charge in [-0.25, -0.2) is 4.98 Å². The Kier molecular flexibility index (Phi) is 4.59. The van der Waals surface area contributed by atoms with Crippen molar-refractivity contribution < 1.29 is 13.2 Å². The molecule has 3 N–H and O–H groups in total. The number of aromatic nitrogens is 2. The van der Waals surface area contributed by atoms with Gasteiger partial charge in [-0.2, -0.15) is 18.2 Å². The predicted molar refractivity (Wildman–Crippen MR) is 78.2 cm³/mol. The summed E-state index contributed by atoms with van der Waals surface area (Å²) in [5, 5.41) is 3.70. The number of nitrogens with one attached hydrogen (secondary N) is 1. The third-order valence-electron chi connectivity index (χ3n) is 2.47. The van der Waals surface area contributed by atoms with Crippen LogP contribution in [0.2, 0.25) is 0 Å². The predicted octanol–water partition coefficient (Wildman–Crippen LogP) is 3.50. The molecule has 2 rings (SSSR count). The molecule has 2 aromatic heterocycles. The van der Waals surface area contributed by atoms with Gasteiger partial charge in [0.15, 0.2) is 0 Å². The molecule has 0 saturated heterocycles. The van der Waals surface area contributed by atoms with Gasteiger partial charge in [0.2, 0.25) is 5.95 Å². The molecule has 0 bridgehead atoms. The lowest BCUT2D eigenvalue weighted by molar-refractivity contribution is -0.0327. The first-order valence-corrected chi connectivity index (χ1v) is 7.69. The van der Waals surface area contributed by atoms with Crippen LogP contribution in [0.1, 0.15) is 11.8 Å². The van der Waals surface area contributed by atoms with Crippen LogP contribution in [0.3, 0.4) is 0 Å². The molecule has 2 aromatic rings. The van der Waals surface area contributed by atoms with Gasteiger partial charge < -0.3 is 11.1 Å². The van der Waals surface area contributed by atoms with Crippen molar-refractivity contribution >= 4 is 45.1 Å². The minimum atomic E-state index is -4.21. The summed E-state index contributed by atoms with van der Waals surface area (Å²) >= 11 is 1.45. The molecule has 110 valence electrons. The Bertz CT molecular complexity index is 597. The molecule has 0 spiro atoms. The first kappa shape index (κ1) is 15.2. The second-order valence-electron chi connectivity index (χ2n) is 3.94. The summed E-state index contributed by atoms with van der Waals surface area (Å²) in [5.41, 5.74) is 1.40. The Balaban J connectivity index is 2.10. The lowest BCUT2D eigenvalue weighted by Crippen LogP contribution is -2.11. The second-order valence-corrected chi connectivity index (χ2v) is 6.21. The number of rotatable bonds is 5. The summed E-state index contributed by atoms with van der Waals surface area (Å²) in [7, 11) is 0. The van der Waals surface area contributed by atoms with E-state index < -0.39 is 5.51 Å². The third kappa shape index (κ3) is 3.89. The standard InChI is InChI=1S/C11H13F3N4S2/c1-2-6-5-7-8(16-3-4-19-11(12,13)14)17-10(15)18-9(7)20-6/h5H,2-4H2,1H3,(H3,15,16,17,18). The molecule has 0 radical (unpaired) electrons. The molecule has 0 atom stereocenters. The van der Waals surface area contributed by atoms with E-state index in [0.717, 1.165) is 21.5 Å². The molecular formula is C11H13F3N4S2. The van der Waals surface area contributed by atoms with Crippen LogP contribution in [0.15, 0.2) is 6.07 Å². The van der Waals surface area contributed by atoms with Crippen molar-refractivity contribution in [2.24, 2.45) is 0 Å². The van der Waals surface area contributed by atoms with Gasteiger partial charge in [0.1, 0.15) is 10.6 Å². The summed E-state index contributed by atoms with van der Waals surface area (Å²) in [6.07, 6.45) is 0.865. The molecule has 0 aromatic carbocycles. The quantitative estimate of drug-likeness (QED) is 0.825. The van der Waals surface area contributed by atoms with E-state index in [9.17, 15) is 13.2 Å². The second kappa shape index (κ2) is 6.04. The zero-order valence-electron chi connectivity index (χ0n) is 10.6. The molecule has 4 nitrogen and oxygen atoms in total. The van der Waals surface area contributed by atoms with Gasteiger partial charge in [0, 0.05) is 17.2 Å². The smallest absolute Gasteiger partial charge is 0.369 e. The molecular weight excluding hydrogens is 309 g/mol. The number of nitrogens with two attached hydrogens (primary N) is 1. The minimum absolute atomic E-state index is 0.0624. The van der Waals surface area contributed by atoms with Crippen LogP contribution in [0.4, 0.5) is 24.9 Å². The number of thiophene rings is 1. The van der Waals surface area contributed by atoms with E-state index in [0.29, 0.717) is 5.82 Å². The average Bonchev–Trinajstić information content (AvgIpc) is 2.76. The molecule has 2 heterocycles. The first-order chi connectivity index (χ1) is 9.39. The van der Waals surface area contributed by atoms with Gasteiger partial charge in [-0.3, -0.25) is 0 Å². The lowest BCUT2D eigenvalue weighted by Gasteiger charge is -2.08. The van der Waals surface area contributed by atoms with E-state index in [-0.39, 0.29) is 30.0 Å². The highest BCUT2D eigenvalue weighted by Crippen LogP contribution is 2.31. The van der Waals surface area contributed by atoms with Crippen molar-refractivity contribution in [1.29, 1.82) is 0 Å². The van der Waals surface area contributed by atoms with Crippen LogP contribution in [0.5, 0.6) is 0 Å². The van der Waals surface area contributed by atoms with E-state index in [1.165, 1.54) is 11.3 Å². The van der Waals surface area contributed by atoms with Crippen LogP contribution in [-0.4, -0.2) is 27.8 Å². The van der Waals surface area contributed by atoms with Crippen molar-refractivity contribution in [3.8, 4) is 0 Å². The highest BCUT2D eigenvalue weighted by atomic mass is 32.2. The highest BCUT2D eigenvalue weighted by Gasteiger charge is 2.27. The van der Waals surface area contributed by atoms with Crippen LogP contribution in [-0.2, 0) is 6.42 Å². The topological polar surface area (TPSA) is 63.8 Å². The molecule has 9 heteroatoms. The number of halogens is 3. The van der Waals surface area contributed by atoms with Crippen molar-refractivity contribution in [3.63, 3.8) is 0 Å². The monoisotopic (exact) mass is 322 g/mol. The molecule has 0 aliphatic rings. The van der Waals surface area contributed by atoms with E-state index >= 15 is 0 Å². The van der Waals surface area contributed by atoms with Gasteiger partial charge in [0.25, 0.3) is 0 Å². The molecule has 20 heavy (non-hydrogen) atoms. The molecule has 0 fully saturated rings. The summed E-state index contributed by atoms with van der Waals surface area (Å²) < 4.78 is 36.1. The maximum Gasteiger partial charge on any atom is 0.441 e. The van der Waals surface area contributed by atoms with Crippen molar-refractivity contribution in [2.75, 3.05) is 23.3 Å². The van der Waals surface area contributed by atoms with Gasteiger partial charge in [0.05, 0.1) is 5.39 Å². The SMILES string of the molecule is CCc1cc2c(NCCSC(F)(F)F)nc(N)nc2s1. The number of hydrogen-bond donors (Lipinski definition) is 2. The van der Waals surface area contributed by atoms with Crippen molar-refractivity contribution in [1.82, 2.24) is 9.97 Å². The minimum Gasteiger partial charge on any atom is -0.369 e. The number of alkyl halides is 3. The molecule has 0 aliphatic heterocycles. The number of nitrogen functional groups attached to an aromatic ring is 1. The Hall–Kier alpha value is -1.22. The number of fused-ring (bicyclic) bond motifs is 1. The fourth-order valence-electron chi connectivity index (χ4n) is 1.63. The van der Waals surface area contributed by atoms with Crippen LogP contribution >= 0.6 is 23.1 Å². The van der Waals surface area contributed by atoms with Crippen LogP contribution in [0, 0.1) is 0 Å². The average molecular weight is 322 g/mol. The molecule has 0 amide bonds. The maximum atomic E-state index is 12.0. The van der Waals surface area contributed by atoms with Crippen LogP contribution in [0.25, 0.3) is 10.2 Å². The van der Waals surface area contributed by atoms with E-state index in [4.69, 9.17) is 5.73 Å². The summed E-state index contributed by atoms with van der Waals surface area (Å²) in [6.45, 7) is 2.18. The van der Waals surface area contributed by atoms with E-state index in [1.807, 2.05) is 13.0 Å². The summed E-state index contributed by atoms with van der Waals surface area (Å²) in [5.74, 6) is 0.527. The number of hydrogen-bond acceptors (Lipinski definition) is 6. The number of anilines is 2. The van der Waals surface area contributed by atoms with Crippen LogP contribution < -0.4 is 11.1 Å². The zero-order valence-corrected chi connectivity index (χ0v) is 12.3. The Morgan fingerprint density at radius 1 is 1.40 bits per heavy atom. The molecule has 0 unspecified atom stereocenters. The van der Waals surface area contributed by atoms with Crippen molar-refractivity contribution in [2.45, 2.75) is 18.9 Å². The number of nitrogens with zero attached hydrogens (tertiary/aromatic N) is 2. The number of thioether (sulfide) groups is 1. The van der Waals surface area contributed by atoms with Gasteiger partial charge in [-0.15, -0.1) is 11.3 Å². The first-order valence-electron chi connectivity index (χ1n) is 5.89. The summed E-state index contributed by atoms with van der Waals surface area (Å²) in [4.78, 5) is 10.1. The van der Waals surface area contributed by atoms with E-state index in [2.05, 4.69) is 15.3 Å². The van der Waals surface area contributed by atoms with Crippen molar-refractivity contribution in [3.05, 3.63) is 10.9 Å². The largest absolute Gasteiger partial charge is 0.441 e. The third-order valence-corrected chi connectivity index (χ3v) is 4.38. The van der Waals surface area contributed by atoms with Gasteiger partial charge in [-0.1, -0.05) is 6.92 Å². The summed E-state index contributed by atoms with van der Waals surface area (Å²) in [6, 6.07) is 1.94. The van der Waals surface area contributed by atoms with Gasteiger partial charge in [-0.05, 0) is 24.2 Å². The normalized spacial score (nSPS) is 12.0. The highest BCUT2D eigenvalue weighted by molar-refractivity contribution is 8.00. The maximum absolute atomic E-state index is 12.0. The Morgan fingerprint density at radius 2 is 2.15 bits per heavy atom. The molecule has 0 saturated carbocycles. The lowest BCUT2D eigenvalue weighted by atomic mass is 10.3. The fraction of sp³-hybridized carbons (Fsp3) is 0.455. The van der Waals surface area contributed by atoms with Gasteiger partial charge >= 0.3 is 5.51 Å².